The quantitative estimate of drug-likeness (QED) is 0.641. The van der Waals surface area contributed by atoms with Gasteiger partial charge < -0.3 is 0 Å². The molecule has 0 heterocycles. The van der Waals surface area contributed by atoms with E-state index in [1.807, 2.05) is 12.1 Å². The van der Waals surface area contributed by atoms with Crippen molar-refractivity contribution in [1.82, 2.24) is 4.90 Å². The minimum Gasteiger partial charge on any atom is -0.297 e. The average molecular weight is 316 g/mol. The van der Waals surface area contributed by atoms with Crippen LogP contribution in [0.4, 0.5) is 4.39 Å². The van der Waals surface area contributed by atoms with E-state index in [1.165, 1.54) is 19.3 Å². The first-order valence-electron chi connectivity index (χ1n) is 6.72. The lowest BCUT2D eigenvalue weighted by Gasteiger charge is -2.26. The van der Waals surface area contributed by atoms with Gasteiger partial charge in [0.05, 0.1) is 0 Å². The van der Waals surface area contributed by atoms with Crippen molar-refractivity contribution >= 4 is 15.9 Å². The first-order valence-corrected chi connectivity index (χ1v) is 7.52. The van der Waals surface area contributed by atoms with Crippen LogP contribution >= 0.6 is 15.9 Å². The number of benzene rings is 1. The van der Waals surface area contributed by atoms with E-state index in [9.17, 15) is 4.39 Å². The molecule has 1 rings (SSSR count). The standard InChI is InChI=1S/C15H23BrFN/c1-4-5-6-9-18(12(2)3)11-13-7-8-14(16)10-15(13)17/h7-8,10,12H,4-6,9,11H2,1-3H3. The highest BCUT2D eigenvalue weighted by Crippen LogP contribution is 2.18. The molecular formula is C15H23BrFN. The summed E-state index contributed by atoms with van der Waals surface area (Å²) < 4.78 is 14.6. The maximum atomic E-state index is 13.8. The van der Waals surface area contributed by atoms with Crippen LogP contribution in [-0.4, -0.2) is 17.5 Å². The van der Waals surface area contributed by atoms with Gasteiger partial charge in [-0.05, 0) is 38.9 Å². The Labute approximate surface area is 119 Å². The lowest BCUT2D eigenvalue weighted by molar-refractivity contribution is 0.206. The van der Waals surface area contributed by atoms with E-state index in [0.29, 0.717) is 12.6 Å². The Morgan fingerprint density at radius 2 is 2.00 bits per heavy atom. The maximum absolute atomic E-state index is 13.8. The Hall–Kier alpha value is -0.410. The van der Waals surface area contributed by atoms with E-state index < -0.39 is 0 Å². The number of unbranched alkanes of at least 4 members (excludes halogenated alkanes) is 2. The second-order valence-corrected chi connectivity index (χ2v) is 5.92. The maximum Gasteiger partial charge on any atom is 0.128 e. The molecule has 0 amide bonds. The van der Waals surface area contributed by atoms with E-state index in [0.717, 1.165) is 16.6 Å². The van der Waals surface area contributed by atoms with Gasteiger partial charge in [-0.25, -0.2) is 4.39 Å². The van der Waals surface area contributed by atoms with Crippen molar-refractivity contribution in [3.63, 3.8) is 0 Å². The van der Waals surface area contributed by atoms with Crippen molar-refractivity contribution in [2.45, 2.75) is 52.6 Å². The monoisotopic (exact) mass is 315 g/mol. The van der Waals surface area contributed by atoms with Crippen molar-refractivity contribution in [1.29, 1.82) is 0 Å². The number of halogens is 2. The Morgan fingerprint density at radius 3 is 2.56 bits per heavy atom. The Morgan fingerprint density at radius 1 is 1.28 bits per heavy atom. The van der Waals surface area contributed by atoms with Crippen molar-refractivity contribution in [2.24, 2.45) is 0 Å². The fourth-order valence-corrected chi connectivity index (χ4v) is 2.29. The summed E-state index contributed by atoms with van der Waals surface area (Å²) in [4.78, 5) is 2.34. The van der Waals surface area contributed by atoms with Crippen LogP contribution in [0.5, 0.6) is 0 Å². The molecule has 0 radical (unpaired) electrons. The van der Waals surface area contributed by atoms with Crippen LogP contribution in [0.15, 0.2) is 22.7 Å². The molecule has 0 aromatic heterocycles. The predicted octanol–water partition coefficient (Wildman–Crippen LogP) is 4.99. The zero-order chi connectivity index (χ0) is 13.5. The molecule has 3 heteroatoms. The van der Waals surface area contributed by atoms with Gasteiger partial charge in [-0.2, -0.15) is 0 Å². The zero-order valence-corrected chi connectivity index (χ0v) is 13.1. The second kappa shape index (κ2) is 7.90. The van der Waals surface area contributed by atoms with Crippen LogP contribution in [-0.2, 0) is 6.54 Å². The van der Waals surface area contributed by atoms with Crippen molar-refractivity contribution in [2.75, 3.05) is 6.54 Å². The number of hydrogen-bond acceptors (Lipinski definition) is 1. The number of rotatable bonds is 7. The molecule has 1 aromatic rings. The lowest BCUT2D eigenvalue weighted by Crippen LogP contribution is -2.31. The smallest absolute Gasteiger partial charge is 0.128 e. The molecule has 0 aliphatic heterocycles. The fourth-order valence-electron chi connectivity index (χ4n) is 1.95. The largest absolute Gasteiger partial charge is 0.297 e. The molecule has 0 spiro atoms. The molecule has 0 unspecified atom stereocenters. The van der Waals surface area contributed by atoms with Crippen LogP contribution in [0.25, 0.3) is 0 Å². The van der Waals surface area contributed by atoms with Gasteiger partial charge >= 0.3 is 0 Å². The molecule has 1 nitrogen and oxygen atoms in total. The lowest BCUT2D eigenvalue weighted by atomic mass is 10.1. The summed E-state index contributed by atoms with van der Waals surface area (Å²) in [6, 6.07) is 5.77. The highest BCUT2D eigenvalue weighted by Gasteiger charge is 2.12. The molecule has 0 aliphatic carbocycles. The van der Waals surface area contributed by atoms with Crippen LogP contribution < -0.4 is 0 Å². The number of hydrogen-bond donors (Lipinski definition) is 0. The number of nitrogens with zero attached hydrogens (tertiary/aromatic N) is 1. The van der Waals surface area contributed by atoms with Crippen molar-refractivity contribution < 1.29 is 4.39 Å². The third kappa shape index (κ3) is 5.07. The van der Waals surface area contributed by atoms with Crippen molar-refractivity contribution in [3.8, 4) is 0 Å². The SMILES string of the molecule is CCCCCN(Cc1ccc(Br)cc1F)C(C)C. The summed E-state index contributed by atoms with van der Waals surface area (Å²) in [5, 5.41) is 0. The topological polar surface area (TPSA) is 3.24 Å². The second-order valence-electron chi connectivity index (χ2n) is 5.01. The normalized spacial score (nSPS) is 11.5. The molecule has 0 N–H and O–H groups in total. The molecule has 0 fully saturated rings. The molecular weight excluding hydrogens is 293 g/mol. The van der Waals surface area contributed by atoms with E-state index in [2.05, 4.69) is 41.6 Å². The zero-order valence-electron chi connectivity index (χ0n) is 11.5. The predicted molar refractivity (Wildman–Crippen MR) is 79.2 cm³/mol. The van der Waals surface area contributed by atoms with Gasteiger partial charge in [-0.15, -0.1) is 0 Å². The van der Waals surface area contributed by atoms with Crippen LogP contribution in [0.2, 0.25) is 0 Å². The van der Waals surface area contributed by atoms with Gasteiger partial charge in [0.2, 0.25) is 0 Å². The van der Waals surface area contributed by atoms with Crippen molar-refractivity contribution in [3.05, 3.63) is 34.1 Å². The summed E-state index contributed by atoms with van der Waals surface area (Å²) in [5.41, 5.74) is 0.781. The molecule has 102 valence electrons. The molecule has 0 saturated heterocycles. The third-order valence-corrected chi connectivity index (χ3v) is 3.66. The first-order chi connectivity index (χ1) is 8.54. The molecule has 0 aliphatic rings. The van der Waals surface area contributed by atoms with Crippen LogP contribution in [0.1, 0.15) is 45.6 Å². The van der Waals surface area contributed by atoms with Crippen LogP contribution in [0.3, 0.4) is 0 Å². The fraction of sp³-hybridized carbons (Fsp3) is 0.600. The summed E-state index contributed by atoms with van der Waals surface area (Å²) in [7, 11) is 0. The van der Waals surface area contributed by atoms with E-state index >= 15 is 0 Å². The first kappa shape index (κ1) is 15.6. The van der Waals surface area contributed by atoms with E-state index in [-0.39, 0.29) is 5.82 Å². The Bertz CT molecular complexity index is 366. The van der Waals surface area contributed by atoms with Gasteiger partial charge in [0.25, 0.3) is 0 Å². The third-order valence-electron chi connectivity index (χ3n) is 3.17. The average Bonchev–Trinajstić information content (AvgIpc) is 2.30. The molecule has 0 atom stereocenters. The summed E-state index contributed by atoms with van der Waals surface area (Å²) in [6.07, 6.45) is 3.65. The Kier molecular flexibility index (Phi) is 6.87. The molecule has 1 aromatic carbocycles. The molecule has 0 saturated carbocycles. The van der Waals surface area contributed by atoms with Gasteiger partial charge in [-0.3, -0.25) is 4.90 Å². The van der Waals surface area contributed by atoms with Gasteiger partial charge in [0.15, 0.2) is 0 Å². The van der Waals surface area contributed by atoms with E-state index in [1.54, 1.807) is 6.07 Å². The Balaban J connectivity index is 2.64. The van der Waals surface area contributed by atoms with Gasteiger partial charge in [0.1, 0.15) is 5.82 Å². The van der Waals surface area contributed by atoms with Crippen LogP contribution in [0, 0.1) is 5.82 Å². The van der Waals surface area contributed by atoms with Gasteiger partial charge in [0, 0.05) is 22.6 Å². The molecule has 0 bridgehead atoms. The summed E-state index contributed by atoms with van der Waals surface area (Å²) in [5.74, 6) is -0.120. The summed E-state index contributed by atoms with van der Waals surface area (Å²) >= 11 is 3.29. The molecule has 18 heavy (non-hydrogen) atoms. The summed E-state index contributed by atoms with van der Waals surface area (Å²) in [6.45, 7) is 8.28. The highest BCUT2D eigenvalue weighted by molar-refractivity contribution is 9.10. The highest BCUT2D eigenvalue weighted by atomic mass is 79.9. The minimum atomic E-state index is -0.120. The minimum absolute atomic E-state index is 0.120. The van der Waals surface area contributed by atoms with E-state index in [4.69, 9.17) is 0 Å². The van der Waals surface area contributed by atoms with Gasteiger partial charge in [-0.1, -0.05) is 41.8 Å².